The molecule has 0 radical (unpaired) electrons. The van der Waals surface area contributed by atoms with Gasteiger partial charge in [0.15, 0.2) is 6.10 Å². The van der Waals surface area contributed by atoms with Crippen LogP contribution < -0.4 is 0 Å². The average Bonchev–Trinajstić information content (AvgIpc) is 3.40. The second-order valence-electron chi connectivity index (χ2n) is 20.8. The molecular formula is C69H118O5. The Hall–Kier alpha value is -3.44. The fourth-order valence-corrected chi connectivity index (χ4v) is 8.86. The van der Waals surface area contributed by atoms with E-state index >= 15 is 0 Å². The summed E-state index contributed by atoms with van der Waals surface area (Å²) >= 11 is 0. The Morgan fingerprint density at radius 2 is 0.581 bits per heavy atom. The summed E-state index contributed by atoms with van der Waals surface area (Å²) in [6.45, 7) is 4.04. The van der Waals surface area contributed by atoms with Crippen LogP contribution >= 0.6 is 0 Å². The Kier molecular flexibility index (Phi) is 60.9. The molecule has 0 saturated carbocycles. The standard InChI is InChI=1S/C69H118O5/c1-3-5-7-9-11-13-15-17-19-21-23-25-27-29-31-33-34-36-38-40-42-44-46-48-50-52-54-56-58-60-62-64-69(72)74-67(65-70)66-73-68(71)63-61-59-57-55-53-51-49-47-45-43-41-39-37-35-32-30-28-26-24-22-20-18-16-14-12-10-8-6-4-2/h5,7,11,13,17,19,22-25,29,31,34,36,40,42,46,48,67,70H,3-4,6,8-10,12,14-16,18,20-21,26-28,30,32-33,35,37-39,41,43-45,47,49-66H2,1-2H3/b7-5-,13-11-,19-17-,24-22-,25-23-,31-29-,36-34-,42-40-,48-46-. The maximum Gasteiger partial charge on any atom is 0.306 e. The summed E-state index contributed by atoms with van der Waals surface area (Å²) in [6.07, 6.45) is 92.2. The lowest BCUT2D eigenvalue weighted by molar-refractivity contribution is -0.161. The molecule has 0 spiro atoms. The van der Waals surface area contributed by atoms with Gasteiger partial charge in [-0.25, -0.2) is 0 Å². The molecule has 1 N–H and O–H groups in total. The normalized spacial score (nSPS) is 13.0. The third kappa shape index (κ3) is 61.1. The molecule has 0 rings (SSSR count). The van der Waals surface area contributed by atoms with Crippen LogP contribution in [0.3, 0.4) is 0 Å². The molecule has 0 aliphatic carbocycles. The molecule has 74 heavy (non-hydrogen) atoms. The van der Waals surface area contributed by atoms with E-state index in [9.17, 15) is 14.7 Å². The van der Waals surface area contributed by atoms with Gasteiger partial charge >= 0.3 is 11.9 Å². The highest BCUT2D eigenvalue weighted by molar-refractivity contribution is 5.70. The summed E-state index contributed by atoms with van der Waals surface area (Å²) in [6, 6.07) is 0. The van der Waals surface area contributed by atoms with Crippen molar-refractivity contribution in [3.05, 3.63) is 109 Å². The maximum absolute atomic E-state index is 12.3. The highest BCUT2D eigenvalue weighted by Crippen LogP contribution is 2.16. The fraction of sp³-hybridized carbons (Fsp3) is 0.710. The first-order valence-corrected chi connectivity index (χ1v) is 31.4. The Balaban J connectivity index is 3.54. The number of aliphatic hydroxyl groups excluding tert-OH is 1. The van der Waals surface area contributed by atoms with Gasteiger partial charge in [0.1, 0.15) is 6.61 Å². The molecule has 1 atom stereocenters. The Morgan fingerprint density at radius 1 is 0.324 bits per heavy atom. The van der Waals surface area contributed by atoms with Crippen LogP contribution in [-0.2, 0) is 19.1 Å². The zero-order valence-electron chi connectivity index (χ0n) is 48.6. The molecule has 0 aliphatic rings. The largest absolute Gasteiger partial charge is 0.462 e. The number of hydrogen-bond donors (Lipinski definition) is 1. The van der Waals surface area contributed by atoms with E-state index in [1.54, 1.807) is 0 Å². The first-order chi connectivity index (χ1) is 36.6. The van der Waals surface area contributed by atoms with Crippen molar-refractivity contribution in [2.24, 2.45) is 0 Å². The lowest BCUT2D eigenvalue weighted by Crippen LogP contribution is -2.28. The number of allylic oxidation sites excluding steroid dienone is 18. The monoisotopic (exact) mass is 1030 g/mol. The zero-order valence-corrected chi connectivity index (χ0v) is 48.6. The van der Waals surface area contributed by atoms with Gasteiger partial charge in [0.2, 0.25) is 0 Å². The summed E-state index contributed by atoms with van der Waals surface area (Å²) in [5.41, 5.74) is 0. The van der Waals surface area contributed by atoms with Crippen molar-refractivity contribution in [1.29, 1.82) is 0 Å². The van der Waals surface area contributed by atoms with Crippen LogP contribution in [0.1, 0.15) is 296 Å². The molecule has 0 aliphatic heterocycles. The zero-order chi connectivity index (χ0) is 53.4. The SMILES string of the molecule is CC/C=C\C/C=C\C/C=C\C/C=C\C/C=C\C/C=C\C/C=C\C/C=C\CCCCCCCCC(=O)OC(CO)COC(=O)CCCCCCCCCCCCCCCCCCC/C=C\CCCCCCCCCC. The maximum atomic E-state index is 12.3. The van der Waals surface area contributed by atoms with E-state index in [0.29, 0.717) is 12.8 Å². The molecule has 0 saturated heterocycles. The van der Waals surface area contributed by atoms with Gasteiger partial charge in [0.05, 0.1) is 6.61 Å². The average molecular weight is 1030 g/mol. The smallest absolute Gasteiger partial charge is 0.306 e. The molecule has 0 fully saturated rings. The van der Waals surface area contributed by atoms with E-state index in [2.05, 4.69) is 123 Å². The fourth-order valence-electron chi connectivity index (χ4n) is 8.86. The number of carbonyl (C=O) groups is 2. The Labute approximate surface area is 459 Å². The van der Waals surface area contributed by atoms with Gasteiger partial charge in [0, 0.05) is 12.8 Å². The second kappa shape index (κ2) is 63.8. The van der Waals surface area contributed by atoms with Crippen molar-refractivity contribution in [2.45, 2.75) is 302 Å². The van der Waals surface area contributed by atoms with Crippen LogP contribution in [0.5, 0.6) is 0 Å². The molecule has 0 amide bonds. The van der Waals surface area contributed by atoms with Gasteiger partial charge in [0.25, 0.3) is 0 Å². The van der Waals surface area contributed by atoms with Gasteiger partial charge < -0.3 is 14.6 Å². The number of rotatable bonds is 57. The molecule has 1 unspecified atom stereocenters. The summed E-state index contributed by atoms with van der Waals surface area (Å²) in [5, 5.41) is 9.68. The van der Waals surface area contributed by atoms with Crippen molar-refractivity contribution in [3.63, 3.8) is 0 Å². The van der Waals surface area contributed by atoms with E-state index in [4.69, 9.17) is 9.47 Å². The topological polar surface area (TPSA) is 72.8 Å². The van der Waals surface area contributed by atoms with Gasteiger partial charge in [-0.1, -0.05) is 290 Å². The first kappa shape index (κ1) is 70.6. The first-order valence-electron chi connectivity index (χ1n) is 31.4. The van der Waals surface area contributed by atoms with E-state index < -0.39 is 6.10 Å². The summed E-state index contributed by atoms with van der Waals surface area (Å²) in [4.78, 5) is 24.6. The van der Waals surface area contributed by atoms with Gasteiger partial charge in [-0.15, -0.1) is 0 Å². The van der Waals surface area contributed by atoms with E-state index in [-0.39, 0.29) is 25.2 Å². The van der Waals surface area contributed by atoms with E-state index in [1.165, 1.54) is 173 Å². The van der Waals surface area contributed by atoms with Crippen LogP contribution in [0.4, 0.5) is 0 Å². The van der Waals surface area contributed by atoms with Crippen LogP contribution in [0, 0.1) is 0 Å². The van der Waals surface area contributed by atoms with Crippen molar-refractivity contribution < 1.29 is 24.2 Å². The highest BCUT2D eigenvalue weighted by atomic mass is 16.6. The minimum absolute atomic E-state index is 0.0755. The molecule has 0 aromatic rings. The van der Waals surface area contributed by atoms with Gasteiger partial charge in [-0.3, -0.25) is 9.59 Å². The van der Waals surface area contributed by atoms with E-state index in [1.807, 2.05) is 0 Å². The minimum atomic E-state index is -0.788. The predicted octanol–water partition coefficient (Wildman–Crippen LogP) is 21.6. The van der Waals surface area contributed by atoms with Crippen molar-refractivity contribution in [1.82, 2.24) is 0 Å². The summed E-state index contributed by atoms with van der Waals surface area (Å²) in [5.74, 6) is -0.604. The quantitative estimate of drug-likeness (QED) is 0.0373. The molecule has 0 aromatic heterocycles. The van der Waals surface area contributed by atoms with Crippen molar-refractivity contribution in [2.75, 3.05) is 13.2 Å². The molecular weight excluding hydrogens is 909 g/mol. The number of esters is 2. The predicted molar refractivity (Wildman–Crippen MR) is 325 cm³/mol. The number of hydrogen-bond acceptors (Lipinski definition) is 5. The number of unbranched alkanes of at least 4 members (excludes halogenated alkanes) is 31. The van der Waals surface area contributed by atoms with Crippen LogP contribution in [0.2, 0.25) is 0 Å². The lowest BCUT2D eigenvalue weighted by atomic mass is 10.0. The van der Waals surface area contributed by atoms with Gasteiger partial charge in [-0.05, 0) is 103 Å². The molecule has 0 aromatic carbocycles. The van der Waals surface area contributed by atoms with Crippen LogP contribution in [0.25, 0.3) is 0 Å². The third-order valence-electron chi connectivity index (χ3n) is 13.6. The van der Waals surface area contributed by atoms with Crippen LogP contribution in [-0.4, -0.2) is 36.4 Å². The summed E-state index contributed by atoms with van der Waals surface area (Å²) in [7, 11) is 0. The van der Waals surface area contributed by atoms with Crippen molar-refractivity contribution >= 4 is 11.9 Å². The minimum Gasteiger partial charge on any atom is -0.462 e. The second-order valence-corrected chi connectivity index (χ2v) is 20.8. The van der Waals surface area contributed by atoms with E-state index in [0.717, 1.165) is 96.3 Å². The number of aliphatic hydroxyl groups is 1. The highest BCUT2D eigenvalue weighted by Gasteiger charge is 2.16. The molecule has 0 bridgehead atoms. The third-order valence-corrected chi connectivity index (χ3v) is 13.6. The molecule has 424 valence electrons. The number of carbonyl (C=O) groups excluding carboxylic acids is 2. The molecule has 0 heterocycles. The Bertz CT molecular complexity index is 1440. The molecule has 5 heteroatoms. The molecule has 5 nitrogen and oxygen atoms in total. The van der Waals surface area contributed by atoms with Crippen LogP contribution in [0.15, 0.2) is 109 Å². The Morgan fingerprint density at radius 3 is 0.892 bits per heavy atom. The van der Waals surface area contributed by atoms with Gasteiger partial charge in [-0.2, -0.15) is 0 Å². The number of ether oxygens (including phenoxy) is 2. The summed E-state index contributed by atoms with van der Waals surface area (Å²) < 4.78 is 10.7. The van der Waals surface area contributed by atoms with Crippen molar-refractivity contribution in [3.8, 4) is 0 Å². The lowest BCUT2D eigenvalue weighted by Gasteiger charge is -2.15.